The SMILES string of the molecule is CC[C@@H](NC(=S)Nc1cccc(Br)c1)c1ccccc1. The third-order valence-corrected chi connectivity index (χ3v) is 3.71. The van der Waals surface area contributed by atoms with Crippen LogP contribution >= 0.6 is 28.1 Å². The van der Waals surface area contributed by atoms with Gasteiger partial charge in [0.15, 0.2) is 5.11 Å². The van der Waals surface area contributed by atoms with Crippen LogP contribution in [0, 0.1) is 0 Å². The summed E-state index contributed by atoms with van der Waals surface area (Å²) in [5.41, 5.74) is 2.22. The van der Waals surface area contributed by atoms with Crippen molar-refractivity contribution >= 4 is 38.9 Å². The first-order valence-electron chi connectivity index (χ1n) is 6.57. The molecule has 0 unspecified atom stereocenters. The summed E-state index contributed by atoms with van der Waals surface area (Å²) in [7, 11) is 0. The lowest BCUT2D eigenvalue weighted by molar-refractivity contribution is 0.629. The van der Waals surface area contributed by atoms with Gasteiger partial charge in [-0.3, -0.25) is 0 Å². The maximum atomic E-state index is 5.38. The molecule has 104 valence electrons. The zero-order valence-electron chi connectivity index (χ0n) is 11.3. The molecule has 0 fully saturated rings. The van der Waals surface area contributed by atoms with Crippen molar-refractivity contribution in [3.8, 4) is 0 Å². The Morgan fingerprint density at radius 3 is 2.55 bits per heavy atom. The van der Waals surface area contributed by atoms with Crippen molar-refractivity contribution in [2.45, 2.75) is 19.4 Å². The van der Waals surface area contributed by atoms with Crippen LogP contribution in [0.3, 0.4) is 0 Å². The van der Waals surface area contributed by atoms with E-state index in [0.29, 0.717) is 5.11 Å². The minimum atomic E-state index is 0.225. The number of thiocarbonyl (C=S) groups is 1. The third-order valence-electron chi connectivity index (χ3n) is 3.00. The van der Waals surface area contributed by atoms with Crippen LogP contribution in [0.2, 0.25) is 0 Å². The zero-order chi connectivity index (χ0) is 14.4. The van der Waals surface area contributed by atoms with Gasteiger partial charge >= 0.3 is 0 Å². The van der Waals surface area contributed by atoms with E-state index in [9.17, 15) is 0 Å². The highest BCUT2D eigenvalue weighted by molar-refractivity contribution is 9.10. The van der Waals surface area contributed by atoms with Gasteiger partial charge in [0.1, 0.15) is 0 Å². The summed E-state index contributed by atoms with van der Waals surface area (Å²) in [6.07, 6.45) is 0.977. The molecule has 0 radical (unpaired) electrons. The van der Waals surface area contributed by atoms with E-state index in [0.717, 1.165) is 16.6 Å². The molecular formula is C16H17BrN2S. The molecule has 0 aliphatic carbocycles. The maximum Gasteiger partial charge on any atom is 0.171 e. The highest BCUT2D eigenvalue weighted by atomic mass is 79.9. The fourth-order valence-electron chi connectivity index (χ4n) is 2.00. The first-order chi connectivity index (χ1) is 9.69. The van der Waals surface area contributed by atoms with E-state index < -0.39 is 0 Å². The summed E-state index contributed by atoms with van der Waals surface area (Å²) in [5.74, 6) is 0. The summed E-state index contributed by atoms with van der Waals surface area (Å²) < 4.78 is 1.03. The van der Waals surface area contributed by atoms with Crippen molar-refractivity contribution in [3.05, 3.63) is 64.6 Å². The van der Waals surface area contributed by atoms with Gasteiger partial charge in [0.05, 0.1) is 6.04 Å². The second kappa shape index (κ2) is 7.41. The van der Waals surface area contributed by atoms with E-state index in [1.54, 1.807) is 0 Å². The van der Waals surface area contributed by atoms with Gasteiger partial charge < -0.3 is 10.6 Å². The molecule has 2 rings (SSSR count). The van der Waals surface area contributed by atoms with Crippen LogP contribution in [0.5, 0.6) is 0 Å². The van der Waals surface area contributed by atoms with Crippen LogP contribution in [0.4, 0.5) is 5.69 Å². The Kier molecular flexibility index (Phi) is 5.56. The number of halogens is 1. The molecule has 0 aliphatic rings. The number of nitrogens with one attached hydrogen (secondary N) is 2. The zero-order valence-corrected chi connectivity index (χ0v) is 13.7. The van der Waals surface area contributed by atoms with Gasteiger partial charge in [-0.05, 0) is 42.4 Å². The summed E-state index contributed by atoms with van der Waals surface area (Å²) in [4.78, 5) is 0. The predicted molar refractivity (Wildman–Crippen MR) is 93.0 cm³/mol. The lowest BCUT2D eigenvalue weighted by Gasteiger charge is -2.20. The molecule has 0 heterocycles. The molecule has 20 heavy (non-hydrogen) atoms. The van der Waals surface area contributed by atoms with Crippen molar-refractivity contribution in [2.24, 2.45) is 0 Å². The topological polar surface area (TPSA) is 24.1 Å². The van der Waals surface area contributed by atoms with Crippen LogP contribution in [-0.4, -0.2) is 5.11 Å². The smallest absolute Gasteiger partial charge is 0.171 e. The quantitative estimate of drug-likeness (QED) is 0.769. The van der Waals surface area contributed by atoms with E-state index in [4.69, 9.17) is 12.2 Å². The highest BCUT2D eigenvalue weighted by Crippen LogP contribution is 2.18. The molecule has 2 N–H and O–H groups in total. The molecule has 2 aromatic carbocycles. The van der Waals surface area contributed by atoms with E-state index in [2.05, 4.69) is 45.6 Å². The minimum absolute atomic E-state index is 0.225. The highest BCUT2D eigenvalue weighted by Gasteiger charge is 2.10. The lowest BCUT2D eigenvalue weighted by atomic mass is 10.1. The Morgan fingerprint density at radius 1 is 1.15 bits per heavy atom. The molecule has 0 bridgehead atoms. The number of hydrogen-bond acceptors (Lipinski definition) is 1. The van der Waals surface area contributed by atoms with Crippen molar-refractivity contribution < 1.29 is 0 Å². The summed E-state index contributed by atoms with van der Waals surface area (Å²) in [5, 5.41) is 7.20. The van der Waals surface area contributed by atoms with Gasteiger partial charge in [0, 0.05) is 10.2 Å². The standard InChI is InChI=1S/C16H17BrN2S/c1-2-15(12-7-4-3-5-8-12)19-16(20)18-14-10-6-9-13(17)11-14/h3-11,15H,2H2,1H3,(H2,18,19,20)/t15-/m1/s1. The monoisotopic (exact) mass is 348 g/mol. The van der Waals surface area contributed by atoms with Gasteiger partial charge in [-0.2, -0.15) is 0 Å². The number of rotatable bonds is 4. The molecule has 0 spiro atoms. The molecule has 2 aromatic rings. The van der Waals surface area contributed by atoms with Crippen molar-refractivity contribution in [3.63, 3.8) is 0 Å². The van der Waals surface area contributed by atoms with Gasteiger partial charge in [-0.15, -0.1) is 0 Å². The second-order valence-electron chi connectivity index (χ2n) is 4.48. The molecule has 4 heteroatoms. The van der Waals surface area contributed by atoms with E-state index in [1.807, 2.05) is 42.5 Å². The van der Waals surface area contributed by atoms with Crippen LogP contribution < -0.4 is 10.6 Å². The van der Waals surface area contributed by atoms with E-state index >= 15 is 0 Å². The second-order valence-corrected chi connectivity index (χ2v) is 5.80. The third kappa shape index (κ3) is 4.32. The molecule has 0 saturated heterocycles. The van der Waals surface area contributed by atoms with Crippen molar-refractivity contribution in [1.29, 1.82) is 0 Å². The fraction of sp³-hybridized carbons (Fsp3) is 0.188. The minimum Gasteiger partial charge on any atom is -0.356 e. The van der Waals surface area contributed by atoms with Crippen LogP contribution in [0.25, 0.3) is 0 Å². The normalized spacial score (nSPS) is 11.7. The average Bonchev–Trinajstić information content (AvgIpc) is 2.45. The van der Waals surface area contributed by atoms with Crippen molar-refractivity contribution in [1.82, 2.24) is 5.32 Å². The molecular weight excluding hydrogens is 332 g/mol. The van der Waals surface area contributed by atoms with Crippen molar-refractivity contribution in [2.75, 3.05) is 5.32 Å². The van der Waals surface area contributed by atoms with Crippen LogP contribution in [-0.2, 0) is 0 Å². The van der Waals surface area contributed by atoms with Gasteiger partial charge in [-0.25, -0.2) is 0 Å². The Balaban J connectivity index is 2.00. The lowest BCUT2D eigenvalue weighted by Crippen LogP contribution is -2.32. The number of benzene rings is 2. The Morgan fingerprint density at radius 2 is 1.90 bits per heavy atom. The predicted octanol–water partition coefficient (Wildman–Crippen LogP) is 4.89. The molecule has 2 nitrogen and oxygen atoms in total. The number of anilines is 1. The summed E-state index contributed by atoms with van der Waals surface area (Å²) in [6, 6.07) is 18.5. The molecule has 0 aliphatic heterocycles. The number of hydrogen-bond donors (Lipinski definition) is 2. The van der Waals surface area contributed by atoms with Gasteiger partial charge in [0.2, 0.25) is 0 Å². The largest absolute Gasteiger partial charge is 0.356 e. The summed E-state index contributed by atoms with van der Waals surface area (Å²) in [6.45, 7) is 2.15. The molecule has 1 atom stereocenters. The Bertz CT molecular complexity index is 572. The maximum absolute atomic E-state index is 5.38. The van der Waals surface area contributed by atoms with E-state index in [-0.39, 0.29) is 6.04 Å². The van der Waals surface area contributed by atoms with E-state index in [1.165, 1.54) is 5.56 Å². The van der Waals surface area contributed by atoms with Crippen LogP contribution in [0.15, 0.2) is 59.1 Å². The van der Waals surface area contributed by atoms with Gasteiger partial charge in [-0.1, -0.05) is 59.3 Å². The van der Waals surface area contributed by atoms with Crippen LogP contribution in [0.1, 0.15) is 24.9 Å². The summed E-state index contributed by atoms with van der Waals surface area (Å²) >= 11 is 8.83. The molecule has 0 saturated carbocycles. The van der Waals surface area contributed by atoms with Gasteiger partial charge in [0.25, 0.3) is 0 Å². The average molecular weight is 349 g/mol. The first kappa shape index (κ1) is 15.0. The molecule has 0 amide bonds. The first-order valence-corrected chi connectivity index (χ1v) is 7.77. The Hall–Kier alpha value is -1.39. The fourth-order valence-corrected chi connectivity index (χ4v) is 2.66. The molecule has 0 aromatic heterocycles. The Labute approximate surface area is 133 Å².